The standard InChI is InChI=1S/C15H16ClFN4O2/c16-13-3-9(4-19-13)14(23)10-5-18-7-20-15(10)21-12-2-8(6-22)1-11(12)17/h3-5,7-8,11-12,19,22H,1-2,6H2,(H,18,20,21). The number of rotatable bonds is 5. The Hall–Kier alpha value is -1.99. The molecule has 0 radical (unpaired) electrons. The van der Waals surface area contributed by atoms with E-state index in [2.05, 4.69) is 20.3 Å². The fourth-order valence-corrected chi connectivity index (χ4v) is 3.00. The molecule has 1 aliphatic rings. The van der Waals surface area contributed by atoms with Gasteiger partial charge in [0.15, 0.2) is 5.78 Å². The molecule has 0 saturated heterocycles. The Bertz CT molecular complexity index is 708. The molecule has 0 aromatic carbocycles. The van der Waals surface area contributed by atoms with Gasteiger partial charge in [0.05, 0.1) is 11.6 Å². The molecule has 1 aliphatic carbocycles. The van der Waals surface area contributed by atoms with Gasteiger partial charge in [-0.05, 0) is 24.8 Å². The summed E-state index contributed by atoms with van der Waals surface area (Å²) in [6, 6.07) is 1.03. The van der Waals surface area contributed by atoms with Crippen molar-refractivity contribution < 1.29 is 14.3 Å². The molecule has 1 saturated carbocycles. The highest BCUT2D eigenvalue weighted by Gasteiger charge is 2.34. The van der Waals surface area contributed by atoms with Gasteiger partial charge in [-0.15, -0.1) is 0 Å². The Morgan fingerprint density at radius 2 is 2.35 bits per heavy atom. The molecule has 0 bridgehead atoms. The predicted molar refractivity (Wildman–Crippen MR) is 83.4 cm³/mol. The second kappa shape index (κ2) is 6.64. The highest BCUT2D eigenvalue weighted by atomic mass is 35.5. The normalized spacial score (nSPS) is 23.9. The number of carbonyl (C=O) groups is 1. The molecule has 0 amide bonds. The van der Waals surface area contributed by atoms with Gasteiger partial charge < -0.3 is 15.4 Å². The maximum absolute atomic E-state index is 14.0. The Morgan fingerprint density at radius 1 is 1.52 bits per heavy atom. The minimum Gasteiger partial charge on any atom is -0.396 e. The molecule has 3 atom stereocenters. The SMILES string of the molecule is O=C(c1c[nH]c(Cl)c1)c1cncnc1NC1CC(CO)CC1F. The van der Waals surface area contributed by atoms with E-state index in [4.69, 9.17) is 11.6 Å². The first-order valence-corrected chi connectivity index (χ1v) is 7.66. The number of nitrogens with zero attached hydrogens (tertiary/aromatic N) is 2. The van der Waals surface area contributed by atoms with E-state index in [0.29, 0.717) is 23.6 Å². The first-order valence-electron chi connectivity index (χ1n) is 7.28. The molecule has 122 valence electrons. The topological polar surface area (TPSA) is 90.9 Å². The van der Waals surface area contributed by atoms with Crippen LogP contribution < -0.4 is 5.32 Å². The second-order valence-electron chi connectivity index (χ2n) is 5.64. The third-order valence-electron chi connectivity index (χ3n) is 4.03. The summed E-state index contributed by atoms with van der Waals surface area (Å²) in [6.45, 7) is -0.0456. The third kappa shape index (κ3) is 3.35. The van der Waals surface area contributed by atoms with Crippen molar-refractivity contribution in [3.63, 3.8) is 0 Å². The lowest BCUT2D eigenvalue weighted by atomic mass is 10.1. The van der Waals surface area contributed by atoms with Gasteiger partial charge in [-0.25, -0.2) is 14.4 Å². The fourth-order valence-electron chi connectivity index (χ4n) is 2.82. The van der Waals surface area contributed by atoms with Crippen LogP contribution in [0.2, 0.25) is 5.15 Å². The number of hydrogen-bond acceptors (Lipinski definition) is 5. The van der Waals surface area contributed by atoms with E-state index in [9.17, 15) is 14.3 Å². The number of ketones is 1. The van der Waals surface area contributed by atoms with E-state index in [1.807, 2.05) is 0 Å². The maximum Gasteiger partial charge on any atom is 0.199 e. The van der Waals surface area contributed by atoms with Crippen molar-refractivity contribution >= 4 is 23.2 Å². The molecule has 6 nitrogen and oxygen atoms in total. The van der Waals surface area contributed by atoms with Gasteiger partial charge in [-0.2, -0.15) is 0 Å². The van der Waals surface area contributed by atoms with Crippen LogP contribution in [0.3, 0.4) is 0 Å². The van der Waals surface area contributed by atoms with E-state index in [1.165, 1.54) is 24.8 Å². The Kier molecular flexibility index (Phi) is 4.58. The van der Waals surface area contributed by atoms with E-state index < -0.39 is 12.2 Å². The molecule has 2 aromatic heterocycles. The van der Waals surface area contributed by atoms with Gasteiger partial charge in [0.2, 0.25) is 0 Å². The summed E-state index contributed by atoms with van der Waals surface area (Å²) in [6.07, 6.45) is 3.89. The number of nitrogens with one attached hydrogen (secondary N) is 2. The van der Waals surface area contributed by atoms with Crippen molar-refractivity contribution in [3.8, 4) is 0 Å². The van der Waals surface area contributed by atoms with Gasteiger partial charge in [-0.3, -0.25) is 4.79 Å². The molecule has 0 aliphatic heterocycles. The van der Waals surface area contributed by atoms with Crippen molar-refractivity contribution in [2.45, 2.75) is 25.1 Å². The lowest BCUT2D eigenvalue weighted by molar-refractivity contribution is 0.103. The minimum atomic E-state index is -1.09. The number of aromatic nitrogens is 3. The number of aliphatic hydroxyl groups excluding tert-OH is 1. The molecule has 23 heavy (non-hydrogen) atoms. The lowest BCUT2D eigenvalue weighted by Crippen LogP contribution is -2.27. The molecule has 3 N–H and O–H groups in total. The van der Waals surface area contributed by atoms with E-state index >= 15 is 0 Å². The van der Waals surface area contributed by atoms with Crippen LogP contribution in [0.4, 0.5) is 10.2 Å². The molecular weight excluding hydrogens is 323 g/mol. The molecule has 0 spiro atoms. The van der Waals surface area contributed by atoms with Crippen LogP contribution in [0.15, 0.2) is 24.8 Å². The zero-order valence-corrected chi connectivity index (χ0v) is 12.9. The molecule has 2 aromatic rings. The summed E-state index contributed by atoms with van der Waals surface area (Å²) in [4.78, 5) is 23.2. The number of anilines is 1. The number of carbonyl (C=O) groups excluding carboxylic acids is 1. The average Bonchev–Trinajstić information content (AvgIpc) is 3.13. The van der Waals surface area contributed by atoms with Gasteiger partial charge in [-0.1, -0.05) is 11.6 Å². The van der Waals surface area contributed by atoms with Gasteiger partial charge in [0, 0.05) is 24.6 Å². The summed E-state index contributed by atoms with van der Waals surface area (Å²) in [5, 5.41) is 12.5. The van der Waals surface area contributed by atoms with Crippen LogP contribution in [-0.2, 0) is 0 Å². The average molecular weight is 339 g/mol. The first-order chi connectivity index (χ1) is 11.1. The monoisotopic (exact) mass is 338 g/mol. The molecule has 3 unspecified atom stereocenters. The van der Waals surface area contributed by atoms with Crippen molar-refractivity contribution in [2.75, 3.05) is 11.9 Å². The number of H-pyrrole nitrogens is 1. The number of alkyl halides is 1. The minimum absolute atomic E-state index is 0.0456. The van der Waals surface area contributed by atoms with Crippen LogP contribution in [0.25, 0.3) is 0 Å². The predicted octanol–water partition coefficient (Wildman–Crippen LogP) is 2.21. The number of aliphatic hydroxyl groups is 1. The summed E-state index contributed by atoms with van der Waals surface area (Å²) in [5.41, 5.74) is 0.632. The summed E-state index contributed by atoms with van der Waals surface area (Å²) in [7, 11) is 0. The smallest absolute Gasteiger partial charge is 0.199 e. The second-order valence-corrected chi connectivity index (χ2v) is 6.04. The van der Waals surface area contributed by atoms with Gasteiger partial charge >= 0.3 is 0 Å². The van der Waals surface area contributed by atoms with Crippen molar-refractivity contribution in [2.24, 2.45) is 5.92 Å². The lowest BCUT2D eigenvalue weighted by Gasteiger charge is -2.17. The quantitative estimate of drug-likeness (QED) is 0.727. The van der Waals surface area contributed by atoms with Crippen LogP contribution in [-0.4, -0.2) is 44.7 Å². The Morgan fingerprint density at radius 3 is 3.00 bits per heavy atom. The van der Waals surface area contributed by atoms with Crippen molar-refractivity contribution in [3.05, 3.63) is 41.1 Å². The van der Waals surface area contributed by atoms with Crippen LogP contribution in [0, 0.1) is 5.92 Å². The van der Waals surface area contributed by atoms with E-state index in [0.717, 1.165) is 0 Å². The third-order valence-corrected chi connectivity index (χ3v) is 4.25. The highest BCUT2D eigenvalue weighted by molar-refractivity contribution is 6.30. The molecule has 2 heterocycles. The van der Waals surface area contributed by atoms with Crippen LogP contribution in [0.1, 0.15) is 28.8 Å². The molecule has 3 rings (SSSR count). The summed E-state index contributed by atoms with van der Waals surface area (Å²) >= 11 is 5.79. The number of halogens is 2. The van der Waals surface area contributed by atoms with Gasteiger partial charge in [0.1, 0.15) is 23.5 Å². The van der Waals surface area contributed by atoms with Crippen molar-refractivity contribution in [1.82, 2.24) is 15.0 Å². The molecule has 8 heteroatoms. The zero-order valence-electron chi connectivity index (χ0n) is 12.2. The summed E-state index contributed by atoms with van der Waals surface area (Å²) < 4.78 is 14.0. The maximum atomic E-state index is 14.0. The van der Waals surface area contributed by atoms with Crippen molar-refractivity contribution in [1.29, 1.82) is 0 Å². The van der Waals surface area contributed by atoms with E-state index in [1.54, 1.807) is 0 Å². The fraction of sp³-hybridized carbons (Fsp3) is 0.400. The number of aromatic amines is 1. The van der Waals surface area contributed by atoms with E-state index in [-0.39, 0.29) is 29.7 Å². The molecule has 1 fully saturated rings. The van der Waals surface area contributed by atoms with Gasteiger partial charge in [0.25, 0.3) is 0 Å². The Labute approximate surface area is 137 Å². The Balaban J connectivity index is 1.82. The zero-order chi connectivity index (χ0) is 16.4. The largest absolute Gasteiger partial charge is 0.396 e. The van der Waals surface area contributed by atoms with Crippen LogP contribution >= 0.6 is 11.6 Å². The summed E-state index contributed by atoms with van der Waals surface area (Å²) in [5.74, 6) is -0.0936. The first kappa shape index (κ1) is 15.9. The number of hydrogen-bond donors (Lipinski definition) is 3. The highest BCUT2D eigenvalue weighted by Crippen LogP contribution is 2.31. The molecular formula is C15H16ClFN4O2. The van der Waals surface area contributed by atoms with Crippen LogP contribution in [0.5, 0.6) is 0 Å².